The largest absolute Gasteiger partial charge is 0.342 e. The molecule has 118 valence electrons. The Balaban J connectivity index is 1.43. The Bertz CT molecular complexity index is 776. The van der Waals surface area contributed by atoms with E-state index in [4.69, 9.17) is 0 Å². The summed E-state index contributed by atoms with van der Waals surface area (Å²) >= 11 is 1.70. The van der Waals surface area contributed by atoms with Crippen molar-refractivity contribution in [1.82, 2.24) is 14.9 Å². The van der Waals surface area contributed by atoms with Crippen molar-refractivity contribution in [3.05, 3.63) is 52.5 Å². The molecular formula is C18H19N3OS. The average molecular weight is 325 g/mol. The van der Waals surface area contributed by atoms with Gasteiger partial charge in [-0.25, -0.2) is 4.98 Å². The summed E-state index contributed by atoms with van der Waals surface area (Å²) in [5.74, 6) is 1.13. The van der Waals surface area contributed by atoms with Crippen LogP contribution in [-0.2, 0) is 11.2 Å². The molecule has 1 atom stereocenters. The molecule has 4 rings (SSSR count). The molecule has 2 aromatic heterocycles. The number of benzene rings is 1. The predicted octanol–water partition coefficient (Wildman–Crippen LogP) is 3.92. The highest BCUT2D eigenvalue weighted by atomic mass is 32.1. The van der Waals surface area contributed by atoms with E-state index >= 15 is 0 Å². The topological polar surface area (TPSA) is 49.0 Å². The molecule has 23 heavy (non-hydrogen) atoms. The number of nitrogens with zero attached hydrogens (tertiary/aromatic N) is 2. The van der Waals surface area contributed by atoms with Crippen molar-refractivity contribution in [1.29, 1.82) is 0 Å². The van der Waals surface area contributed by atoms with E-state index in [2.05, 4.69) is 26.8 Å². The average Bonchev–Trinajstić information content (AvgIpc) is 3.31. The number of thiophene rings is 1. The van der Waals surface area contributed by atoms with Crippen LogP contribution in [0, 0.1) is 0 Å². The Hall–Kier alpha value is -2.14. The second-order valence-corrected chi connectivity index (χ2v) is 6.78. The molecule has 1 aromatic carbocycles. The van der Waals surface area contributed by atoms with Gasteiger partial charge in [-0.1, -0.05) is 12.1 Å². The van der Waals surface area contributed by atoms with Gasteiger partial charge >= 0.3 is 0 Å². The van der Waals surface area contributed by atoms with Gasteiger partial charge < -0.3 is 9.88 Å². The fraction of sp³-hybridized carbons (Fsp3) is 0.333. The lowest BCUT2D eigenvalue weighted by Gasteiger charge is -2.24. The molecule has 0 aliphatic carbocycles. The lowest BCUT2D eigenvalue weighted by molar-refractivity contribution is -0.132. The van der Waals surface area contributed by atoms with E-state index in [1.54, 1.807) is 11.3 Å². The van der Waals surface area contributed by atoms with E-state index in [1.807, 2.05) is 29.2 Å². The molecule has 0 spiro atoms. The van der Waals surface area contributed by atoms with Crippen LogP contribution in [0.25, 0.3) is 11.0 Å². The van der Waals surface area contributed by atoms with Crippen molar-refractivity contribution in [2.45, 2.75) is 31.7 Å². The first kappa shape index (κ1) is 14.5. The summed E-state index contributed by atoms with van der Waals surface area (Å²) in [5.41, 5.74) is 3.28. The third-order valence-corrected chi connectivity index (χ3v) is 5.22. The fourth-order valence-corrected chi connectivity index (χ4v) is 4.08. The first-order valence-corrected chi connectivity index (χ1v) is 9.01. The highest BCUT2D eigenvalue weighted by Gasteiger charge is 2.29. The van der Waals surface area contributed by atoms with Crippen molar-refractivity contribution >= 4 is 28.3 Å². The normalized spacial score (nSPS) is 17.9. The number of nitrogens with one attached hydrogen (secondary N) is 1. The van der Waals surface area contributed by atoms with E-state index in [0.717, 1.165) is 36.2 Å². The summed E-state index contributed by atoms with van der Waals surface area (Å²) in [7, 11) is 0. The number of aromatic amines is 1. The Morgan fingerprint density at radius 3 is 3.09 bits per heavy atom. The van der Waals surface area contributed by atoms with Gasteiger partial charge in [-0.05, 0) is 47.4 Å². The molecule has 0 radical (unpaired) electrons. The second-order valence-electron chi connectivity index (χ2n) is 6.00. The molecule has 3 heterocycles. The van der Waals surface area contributed by atoms with Gasteiger partial charge in [0.25, 0.3) is 0 Å². The van der Waals surface area contributed by atoms with Gasteiger partial charge in [0.05, 0.1) is 17.1 Å². The van der Waals surface area contributed by atoms with Gasteiger partial charge in [0, 0.05) is 19.4 Å². The number of hydrogen-bond acceptors (Lipinski definition) is 3. The minimum atomic E-state index is 0.235. The summed E-state index contributed by atoms with van der Waals surface area (Å²) in [5, 5.41) is 4.25. The Labute approximate surface area is 139 Å². The Morgan fingerprint density at radius 2 is 2.26 bits per heavy atom. The summed E-state index contributed by atoms with van der Waals surface area (Å²) in [6, 6.07) is 10.4. The number of amides is 1. The second kappa shape index (κ2) is 6.16. The molecule has 4 nitrogen and oxygen atoms in total. The monoisotopic (exact) mass is 325 g/mol. The maximum atomic E-state index is 12.6. The van der Waals surface area contributed by atoms with E-state index in [-0.39, 0.29) is 11.9 Å². The van der Waals surface area contributed by atoms with Gasteiger partial charge in [0.1, 0.15) is 5.82 Å². The highest BCUT2D eigenvalue weighted by Crippen LogP contribution is 2.33. The van der Waals surface area contributed by atoms with Gasteiger partial charge in [-0.15, -0.1) is 0 Å². The molecule has 1 aliphatic rings. The molecule has 1 saturated heterocycles. The van der Waals surface area contributed by atoms with Gasteiger partial charge in [0.15, 0.2) is 0 Å². The summed E-state index contributed by atoms with van der Waals surface area (Å²) < 4.78 is 0. The Morgan fingerprint density at radius 1 is 1.35 bits per heavy atom. The van der Waals surface area contributed by atoms with Crippen LogP contribution in [-0.4, -0.2) is 27.3 Å². The number of aromatic nitrogens is 2. The molecule has 0 bridgehead atoms. The van der Waals surface area contributed by atoms with Crippen molar-refractivity contribution < 1.29 is 4.79 Å². The van der Waals surface area contributed by atoms with Crippen LogP contribution in [0.4, 0.5) is 0 Å². The van der Waals surface area contributed by atoms with Crippen molar-refractivity contribution in [3.63, 3.8) is 0 Å². The van der Waals surface area contributed by atoms with Crippen molar-refractivity contribution in [2.24, 2.45) is 0 Å². The minimum Gasteiger partial charge on any atom is -0.342 e. The van der Waals surface area contributed by atoms with Crippen LogP contribution in [0.1, 0.15) is 36.7 Å². The first-order valence-electron chi connectivity index (χ1n) is 8.06. The molecule has 5 heteroatoms. The van der Waals surface area contributed by atoms with E-state index in [0.29, 0.717) is 12.8 Å². The zero-order valence-electron chi connectivity index (χ0n) is 12.9. The van der Waals surface area contributed by atoms with Crippen LogP contribution in [0.15, 0.2) is 41.1 Å². The number of carbonyl (C=O) groups is 1. The molecule has 0 unspecified atom stereocenters. The number of fused-ring (bicyclic) bond motifs is 1. The Kier molecular flexibility index (Phi) is 3.87. The van der Waals surface area contributed by atoms with Gasteiger partial charge in [0.2, 0.25) is 5.91 Å². The molecule has 1 N–H and O–H groups in total. The standard InChI is InChI=1S/C18H19N3OS/c22-18(21-10-3-6-16(21)13-9-11-23-12-13)8-7-17-19-14-4-1-2-5-15(14)20-17/h1-2,4-5,9,11-12,16H,3,6-8,10H2,(H,19,20)/t16-/m1/s1. The summed E-state index contributed by atoms with van der Waals surface area (Å²) in [4.78, 5) is 22.5. The minimum absolute atomic E-state index is 0.235. The van der Waals surface area contributed by atoms with Crippen LogP contribution in [0.5, 0.6) is 0 Å². The molecular weight excluding hydrogens is 306 g/mol. The highest BCUT2D eigenvalue weighted by molar-refractivity contribution is 7.07. The third-order valence-electron chi connectivity index (χ3n) is 4.52. The van der Waals surface area contributed by atoms with Gasteiger partial charge in [-0.2, -0.15) is 11.3 Å². The number of imidazole rings is 1. The lowest BCUT2D eigenvalue weighted by Crippen LogP contribution is -2.30. The van der Waals surface area contributed by atoms with Crippen LogP contribution in [0.2, 0.25) is 0 Å². The van der Waals surface area contributed by atoms with Gasteiger partial charge in [-0.3, -0.25) is 4.79 Å². The molecule has 1 amide bonds. The van der Waals surface area contributed by atoms with Crippen LogP contribution >= 0.6 is 11.3 Å². The number of carbonyl (C=O) groups excluding carboxylic acids is 1. The number of para-hydroxylation sites is 2. The zero-order valence-corrected chi connectivity index (χ0v) is 13.7. The quantitative estimate of drug-likeness (QED) is 0.790. The zero-order chi connectivity index (χ0) is 15.6. The van der Waals surface area contributed by atoms with E-state index in [1.165, 1.54) is 5.56 Å². The number of H-pyrrole nitrogens is 1. The number of likely N-dealkylation sites (tertiary alicyclic amines) is 1. The van der Waals surface area contributed by atoms with Crippen molar-refractivity contribution in [2.75, 3.05) is 6.54 Å². The van der Waals surface area contributed by atoms with Crippen LogP contribution < -0.4 is 0 Å². The number of rotatable bonds is 4. The summed E-state index contributed by atoms with van der Waals surface area (Å²) in [6.07, 6.45) is 3.35. The third kappa shape index (κ3) is 2.88. The lowest BCUT2D eigenvalue weighted by atomic mass is 10.1. The smallest absolute Gasteiger partial charge is 0.223 e. The van der Waals surface area contributed by atoms with E-state index in [9.17, 15) is 4.79 Å². The first-order chi connectivity index (χ1) is 11.3. The maximum absolute atomic E-state index is 12.6. The van der Waals surface area contributed by atoms with E-state index < -0.39 is 0 Å². The summed E-state index contributed by atoms with van der Waals surface area (Å²) in [6.45, 7) is 0.874. The maximum Gasteiger partial charge on any atom is 0.223 e. The predicted molar refractivity (Wildman–Crippen MR) is 92.4 cm³/mol. The molecule has 3 aromatic rings. The van der Waals surface area contributed by atoms with Crippen molar-refractivity contribution in [3.8, 4) is 0 Å². The van der Waals surface area contributed by atoms with Crippen LogP contribution in [0.3, 0.4) is 0 Å². The number of aryl methyl sites for hydroxylation is 1. The fourth-order valence-electron chi connectivity index (χ4n) is 3.37. The SMILES string of the molecule is O=C(CCc1nc2ccccc2[nH]1)N1CCC[C@@H]1c1ccsc1. The molecule has 0 saturated carbocycles. The number of hydrogen-bond donors (Lipinski definition) is 1. The molecule has 1 aliphatic heterocycles. The molecule has 1 fully saturated rings.